The van der Waals surface area contributed by atoms with Crippen molar-refractivity contribution in [1.29, 1.82) is 0 Å². The molecule has 6 nitrogen and oxygen atoms in total. The van der Waals surface area contributed by atoms with Crippen LogP contribution in [0.2, 0.25) is 0 Å². The lowest BCUT2D eigenvalue weighted by atomic mass is 9.84. The number of ketones is 2. The number of nitrogens with zero attached hydrogens (tertiary/aromatic N) is 1. The van der Waals surface area contributed by atoms with E-state index in [1.807, 2.05) is 30.3 Å². The Kier molecular flexibility index (Phi) is 5.94. The van der Waals surface area contributed by atoms with Gasteiger partial charge in [-0.3, -0.25) is 19.2 Å². The van der Waals surface area contributed by atoms with E-state index in [0.29, 0.717) is 28.8 Å². The molecule has 0 spiro atoms. The monoisotopic (exact) mass is 426 g/mol. The number of rotatable bonds is 6. The van der Waals surface area contributed by atoms with Crippen LogP contribution in [0.3, 0.4) is 0 Å². The van der Waals surface area contributed by atoms with Crippen molar-refractivity contribution in [3.8, 4) is 0 Å². The highest BCUT2D eigenvalue weighted by molar-refractivity contribution is 6.28. The van der Waals surface area contributed by atoms with Crippen LogP contribution in [-0.2, 0) is 9.59 Å². The van der Waals surface area contributed by atoms with Crippen molar-refractivity contribution in [3.05, 3.63) is 95.1 Å². The van der Waals surface area contributed by atoms with Gasteiger partial charge in [0.2, 0.25) is 11.8 Å². The van der Waals surface area contributed by atoms with Crippen LogP contribution >= 0.6 is 0 Å². The van der Waals surface area contributed by atoms with E-state index in [1.165, 1.54) is 6.07 Å². The Morgan fingerprint density at radius 2 is 1.34 bits per heavy atom. The number of benzene rings is 3. The molecule has 32 heavy (non-hydrogen) atoms. The molecule has 0 fully saturated rings. The Bertz CT molecular complexity index is 1220. The molecule has 2 amide bonds. The summed E-state index contributed by atoms with van der Waals surface area (Å²) in [5.74, 6) is -0.759. The molecular weight excluding hydrogens is 404 g/mol. The molecule has 0 radical (unpaired) electrons. The molecular formula is C26H22N2O4. The molecule has 1 N–H and O–H groups in total. The fourth-order valence-corrected chi connectivity index (χ4v) is 3.76. The lowest BCUT2D eigenvalue weighted by Gasteiger charge is -2.18. The summed E-state index contributed by atoms with van der Waals surface area (Å²) < 4.78 is 0. The maximum atomic E-state index is 12.8. The van der Waals surface area contributed by atoms with Crippen LogP contribution < -0.4 is 10.2 Å². The van der Waals surface area contributed by atoms with Crippen molar-refractivity contribution in [2.75, 3.05) is 17.3 Å². The Hall–Kier alpha value is -4.06. The van der Waals surface area contributed by atoms with Gasteiger partial charge >= 0.3 is 0 Å². The van der Waals surface area contributed by atoms with Crippen molar-refractivity contribution >= 4 is 34.8 Å². The van der Waals surface area contributed by atoms with Crippen LogP contribution in [-0.4, -0.2) is 30.4 Å². The highest BCUT2D eigenvalue weighted by Gasteiger charge is 2.29. The molecule has 0 heterocycles. The summed E-state index contributed by atoms with van der Waals surface area (Å²) >= 11 is 0. The van der Waals surface area contributed by atoms with Gasteiger partial charge in [-0.25, -0.2) is 0 Å². The maximum Gasteiger partial charge on any atom is 0.226 e. The van der Waals surface area contributed by atoms with Crippen molar-refractivity contribution in [2.45, 2.75) is 19.3 Å². The summed E-state index contributed by atoms with van der Waals surface area (Å²) in [5, 5.41) is 2.76. The Morgan fingerprint density at radius 3 is 2.03 bits per heavy atom. The van der Waals surface area contributed by atoms with E-state index >= 15 is 0 Å². The number of hydrogen-bond acceptors (Lipinski definition) is 4. The van der Waals surface area contributed by atoms with E-state index in [2.05, 4.69) is 5.32 Å². The number of para-hydroxylation sites is 1. The number of nitrogens with one attached hydrogen (secondary N) is 1. The third-order valence-electron chi connectivity index (χ3n) is 5.52. The second-order valence-corrected chi connectivity index (χ2v) is 7.65. The number of carbonyl (C=O) groups is 4. The molecule has 0 saturated heterocycles. The van der Waals surface area contributed by atoms with Gasteiger partial charge in [-0.05, 0) is 36.8 Å². The summed E-state index contributed by atoms with van der Waals surface area (Å²) in [7, 11) is 1.71. The standard InChI is InChI=1S/C26H22N2O4/c1-28(18-8-3-2-4-9-18)24(30)13-7-12-23(29)27-17-14-15-21-22(16-17)26(32)20-11-6-5-10-19(20)25(21)31/h2-6,8-11,14-16H,7,12-13H2,1H3,(H,27,29). The first-order valence-electron chi connectivity index (χ1n) is 10.4. The number of fused-ring (bicyclic) bond motifs is 2. The van der Waals surface area contributed by atoms with E-state index in [0.717, 1.165) is 5.69 Å². The highest BCUT2D eigenvalue weighted by atomic mass is 16.2. The van der Waals surface area contributed by atoms with Gasteiger partial charge in [0, 0.05) is 53.5 Å². The van der Waals surface area contributed by atoms with Gasteiger partial charge in [0.15, 0.2) is 11.6 Å². The largest absolute Gasteiger partial charge is 0.326 e. The number of amides is 2. The molecule has 0 atom stereocenters. The fraction of sp³-hybridized carbons (Fsp3) is 0.154. The third kappa shape index (κ3) is 4.21. The first kappa shape index (κ1) is 21.2. The van der Waals surface area contributed by atoms with Crippen molar-refractivity contribution < 1.29 is 19.2 Å². The predicted octanol–water partition coefficient (Wildman–Crippen LogP) is 4.23. The Morgan fingerprint density at radius 1 is 0.750 bits per heavy atom. The van der Waals surface area contributed by atoms with E-state index in [1.54, 1.807) is 48.3 Å². The zero-order valence-corrected chi connectivity index (χ0v) is 17.6. The third-order valence-corrected chi connectivity index (χ3v) is 5.52. The van der Waals surface area contributed by atoms with E-state index in [4.69, 9.17) is 0 Å². The van der Waals surface area contributed by atoms with Gasteiger partial charge in [0.1, 0.15) is 0 Å². The molecule has 4 rings (SSSR count). The normalized spacial score (nSPS) is 12.0. The zero-order valence-electron chi connectivity index (χ0n) is 17.6. The minimum atomic E-state index is -0.255. The summed E-state index contributed by atoms with van der Waals surface area (Å²) in [6.45, 7) is 0. The molecule has 160 valence electrons. The lowest BCUT2D eigenvalue weighted by Crippen LogP contribution is -2.26. The van der Waals surface area contributed by atoms with Gasteiger partial charge in [-0.15, -0.1) is 0 Å². The molecule has 1 aliphatic carbocycles. The molecule has 3 aromatic rings. The number of carbonyl (C=O) groups excluding carboxylic acids is 4. The predicted molar refractivity (Wildman–Crippen MR) is 122 cm³/mol. The average Bonchev–Trinajstić information content (AvgIpc) is 2.82. The van der Waals surface area contributed by atoms with Gasteiger partial charge in [0.05, 0.1) is 0 Å². The van der Waals surface area contributed by atoms with E-state index in [-0.39, 0.29) is 41.8 Å². The topological polar surface area (TPSA) is 83.6 Å². The van der Waals surface area contributed by atoms with Crippen LogP contribution in [0.5, 0.6) is 0 Å². The summed E-state index contributed by atoms with van der Waals surface area (Å²) in [4.78, 5) is 51.8. The van der Waals surface area contributed by atoms with Crippen LogP contribution in [0.15, 0.2) is 72.8 Å². The molecule has 0 unspecified atom stereocenters. The van der Waals surface area contributed by atoms with Crippen molar-refractivity contribution in [2.24, 2.45) is 0 Å². The van der Waals surface area contributed by atoms with Gasteiger partial charge < -0.3 is 10.2 Å². The fourth-order valence-electron chi connectivity index (χ4n) is 3.76. The van der Waals surface area contributed by atoms with E-state index in [9.17, 15) is 19.2 Å². The molecule has 0 aromatic heterocycles. The second kappa shape index (κ2) is 8.98. The first-order chi connectivity index (χ1) is 15.5. The molecule has 1 aliphatic rings. The minimum Gasteiger partial charge on any atom is -0.326 e. The highest BCUT2D eigenvalue weighted by Crippen LogP contribution is 2.29. The summed E-state index contributed by atoms with van der Waals surface area (Å²) in [6.07, 6.45) is 0.811. The van der Waals surface area contributed by atoms with E-state index < -0.39 is 0 Å². The molecule has 0 aliphatic heterocycles. The quantitative estimate of drug-likeness (QED) is 0.500. The maximum absolute atomic E-state index is 12.8. The molecule has 0 saturated carbocycles. The first-order valence-corrected chi connectivity index (χ1v) is 10.4. The van der Waals surface area contributed by atoms with Gasteiger partial charge in [0.25, 0.3) is 0 Å². The Labute approximate surface area is 185 Å². The number of anilines is 2. The van der Waals surface area contributed by atoms with Crippen molar-refractivity contribution in [1.82, 2.24) is 0 Å². The molecule has 3 aromatic carbocycles. The summed E-state index contributed by atoms with van der Waals surface area (Å²) in [6, 6.07) is 20.8. The van der Waals surface area contributed by atoms with Crippen LogP contribution in [0.1, 0.15) is 51.1 Å². The van der Waals surface area contributed by atoms with Crippen LogP contribution in [0.4, 0.5) is 11.4 Å². The average molecular weight is 426 g/mol. The minimum absolute atomic E-state index is 0.0689. The lowest BCUT2D eigenvalue weighted by molar-refractivity contribution is -0.118. The smallest absolute Gasteiger partial charge is 0.226 e. The SMILES string of the molecule is CN(C(=O)CCCC(=O)Nc1ccc2c(c1)C(=O)c1ccccc1C2=O)c1ccccc1. The Balaban J connectivity index is 1.36. The van der Waals surface area contributed by atoms with Gasteiger partial charge in [-0.1, -0.05) is 42.5 Å². The second-order valence-electron chi connectivity index (χ2n) is 7.65. The van der Waals surface area contributed by atoms with Crippen LogP contribution in [0, 0.1) is 0 Å². The number of hydrogen-bond donors (Lipinski definition) is 1. The van der Waals surface area contributed by atoms with Crippen LogP contribution in [0.25, 0.3) is 0 Å². The summed E-state index contributed by atoms with van der Waals surface area (Å²) in [5.41, 5.74) is 2.63. The molecule has 0 bridgehead atoms. The molecule has 6 heteroatoms. The van der Waals surface area contributed by atoms with Crippen molar-refractivity contribution in [3.63, 3.8) is 0 Å². The van der Waals surface area contributed by atoms with Gasteiger partial charge in [-0.2, -0.15) is 0 Å². The zero-order chi connectivity index (χ0) is 22.7.